The van der Waals surface area contributed by atoms with Crippen LogP contribution in [0.2, 0.25) is 0 Å². The summed E-state index contributed by atoms with van der Waals surface area (Å²) in [7, 11) is 0. The highest BCUT2D eigenvalue weighted by atomic mass is 16.1. The number of rotatable bonds is 0. The lowest BCUT2D eigenvalue weighted by Gasteiger charge is -1.97. The molecule has 0 heterocycles. The summed E-state index contributed by atoms with van der Waals surface area (Å²) in [6.07, 6.45) is 12.8. The summed E-state index contributed by atoms with van der Waals surface area (Å²) < 4.78 is 0. The van der Waals surface area contributed by atoms with Gasteiger partial charge in [0.2, 0.25) is 0 Å². The molecule has 0 radical (unpaired) electrons. The zero-order valence-corrected chi connectivity index (χ0v) is 8.17. The van der Waals surface area contributed by atoms with Gasteiger partial charge in [-0.15, -0.1) is 0 Å². The zero-order valence-electron chi connectivity index (χ0n) is 8.17. The zero-order chi connectivity index (χ0) is 9.10. The number of hydrogen-bond donors (Lipinski definition) is 0. The molecule has 2 aliphatic carbocycles. The first-order valence-electron chi connectivity index (χ1n) is 5.58. The Balaban J connectivity index is 1.90. The van der Waals surface area contributed by atoms with E-state index in [-0.39, 0.29) is 0 Å². The van der Waals surface area contributed by atoms with Crippen LogP contribution in [0.5, 0.6) is 0 Å². The molecule has 2 aliphatic rings. The lowest BCUT2D eigenvalue weighted by Crippen LogP contribution is -1.97. The van der Waals surface area contributed by atoms with E-state index < -0.39 is 0 Å². The van der Waals surface area contributed by atoms with Crippen LogP contribution in [0.15, 0.2) is 12.2 Å². The van der Waals surface area contributed by atoms with Crippen molar-refractivity contribution in [1.82, 2.24) is 0 Å². The third-order valence-electron chi connectivity index (χ3n) is 3.27. The molecular weight excluding hydrogens is 160 g/mol. The van der Waals surface area contributed by atoms with Crippen LogP contribution in [0.4, 0.5) is 0 Å². The number of carbonyl (C=O) groups is 1. The van der Waals surface area contributed by atoms with E-state index in [2.05, 4.69) is 6.08 Å². The first kappa shape index (κ1) is 8.98. The first-order valence-corrected chi connectivity index (χ1v) is 5.58. The largest absolute Gasteiger partial charge is 0.295 e. The summed E-state index contributed by atoms with van der Waals surface area (Å²) in [5, 5.41) is 0. The Morgan fingerprint density at radius 2 is 2.00 bits per heavy atom. The van der Waals surface area contributed by atoms with E-state index in [9.17, 15) is 4.79 Å². The van der Waals surface area contributed by atoms with Gasteiger partial charge >= 0.3 is 0 Å². The quantitative estimate of drug-likeness (QED) is 0.557. The Kier molecular flexibility index (Phi) is 2.82. The highest BCUT2D eigenvalue weighted by Crippen LogP contribution is 2.43. The van der Waals surface area contributed by atoms with Crippen molar-refractivity contribution in [1.29, 1.82) is 0 Å². The van der Waals surface area contributed by atoms with E-state index in [1.165, 1.54) is 38.5 Å². The molecule has 72 valence electrons. The van der Waals surface area contributed by atoms with Gasteiger partial charge in [0.15, 0.2) is 5.78 Å². The van der Waals surface area contributed by atoms with Crippen LogP contribution in [-0.2, 0) is 4.79 Å². The van der Waals surface area contributed by atoms with Crippen molar-refractivity contribution in [3.05, 3.63) is 12.2 Å². The minimum Gasteiger partial charge on any atom is -0.295 e. The summed E-state index contributed by atoms with van der Waals surface area (Å²) in [6.45, 7) is 0. The third kappa shape index (κ3) is 2.43. The second-order valence-corrected chi connectivity index (χ2v) is 4.40. The van der Waals surface area contributed by atoms with Crippen LogP contribution in [0.3, 0.4) is 0 Å². The third-order valence-corrected chi connectivity index (χ3v) is 3.27. The predicted octanol–water partition coefficient (Wildman–Crippen LogP) is 3.10. The Labute approximate surface area is 80.2 Å². The van der Waals surface area contributed by atoms with Gasteiger partial charge < -0.3 is 0 Å². The van der Waals surface area contributed by atoms with Crippen LogP contribution in [0.1, 0.15) is 44.9 Å². The minimum absolute atomic E-state index is 0.395. The number of carbonyl (C=O) groups excluding carboxylic acids is 1. The van der Waals surface area contributed by atoms with Gasteiger partial charge in [0, 0.05) is 5.92 Å². The molecule has 2 atom stereocenters. The Bertz CT molecular complexity index is 217. The molecule has 1 saturated carbocycles. The normalized spacial score (nSPS) is 37.4. The topological polar surface area (TPSA) is 17.1 Å². The van der Waals surface area contributed by atoms with Crippen molar-refractivity contribution in [3.63, 3.8) is 0 Å². The highest BCUT2D eigenvalue weighted by Gasteiger charge is 2.40. The SMILES string of the molecule is O=C1/C=C/CCCCCC[C@H]2C[C@@H]12. The fraction of sp³-hybridized carbons (Fsp3) is 0.750. The average molecular weight is 178 g/mol. The van der Waals surface area contributed by atoms with Gasteiger partial charge in [-0.05, 0) is 37.7 Å². The summed E-state index contributed by atoms with van der Waals surface area (Å²) in [5.74, 6) is 1.55. The Morgan fingerprint density at radius 3 is 2.92 bits per heavy atom. The lowest BCUT2D eigenvalue weighted by atomic mass is 10.1. The Morgan fingerprint density at radius 1 is 1.15 bits per heavy atom. The van der Waals surface area contributed by atoms with Crippen LogP contribution in [0, 0.1) is 11.8 Å². The van der Waals surface area contributed by atoms with E-state index >= 15 is 0 Å². The van der Waals surface area contributed by atoms with E-state index in [4.69, 9.17) is 0 Å². The van der Waals surface area contributed by atoms with Gasteiger partial charge in [-0.3, -0.25) is 4.79 Å². The molecule has 1 fully saturated rings. The van der Waals surface area contributed by atoms with E-state index in [0.717, 1.165) is 12.3 Å². The number of ketones is 1. The summed E-state index contributed by atoms with van der Waals surface area (Å²) >= 11 is 0. The van der Waals surface area contributed by atoms with Crippen LogP contribution in [-0.4, -0.2) is 5.78 Å². The van der Waals surface area contributed by atoms with Gasteiger partial charge in [0.1, 0.15) is 0 Å². The summed E-state index contributed by atoms with van der Waals surface area (Å²) in [5.41, 5.74) is 0. The molecule has 0 aromatic rings. The van der Waals surface area contributed by atoms with Gasteiger partial charge in [0.25, 0.3) is 0 Å². The molecule has 0 spiro atoms. The van der Waals surface area contributed by atoms with Crippen molar-refractivity contribution in [2.45, 2.75) is 44.9 Å². The van der Waals surface area contributed by atoms with Crippen molar-refractivity contribution < 1.29 is 4.79 Å². The first-order chi connectivity index (χ1) is 6.38. The molecule has 1 heteroatoms. The van der Waals surface area contributed by atoms with Crippen LogP contribution < -0.4 is 0 Å². The summed E-state index contributed by atoms with van der Waals surface area (Å²) in [4.78, 5) is 11.5. The van der Waals surface area contributed by atoms with E-state index in [0.29, 0.717) is 11.7 Å². The fourth-order valence-electron chi connectivity index (χ4n) is 2.26. The number of fused-ring (bicyclic) bond motifs is 1. The van der Waals surface area contributed by atoms with Gasteiger partial charge in [-0.25, -0.2) is 0 Å². The average Bonchev–Trinajstić information content (AvgIpc) is 2.87. The molecule has 0 N–H and O–H groups in total. The molecule has 0 amide bonds. The van der Waals surface area contributed by atoms with Gasteiger partial charge in [-0.1, -0.05) is 25.3 Å². The lowest BCUT2D eigenvalue weighted by molar-refractivity contribution is -0.116. The number of allylic oxidation sites excluding steroid dienone is 2. The molecule has 0 unspecified atom stereocenters. The molecule has 0 aliphatic heterocycles. The number of hydrogen-bond acceptors (Lipinski definition) is 1. The fourth-order valence-corrected chi connectivity index (χ4v) is 2.26. The molecule has 13 heavy (non-hydrogen) atoms. The summed E-state index contributed by atoms with van der Waals surface area (Å²) in [6, 6.07) is 0. The van der Waals surface area contributed by atoms with Crippen LogP contribution >= 0.6 is 0 Å². The molecule has 0 aromatic heterocycles. The maximum absolute atomic E-state index is 11.5. The monoisotopic (exact) mass is 178 g/mol. The van der Waals surface area contributed by atoms with Crippen molar-refractivity contribution in [2.24, 2.45) is 11.8 Å². The van der Waals surface area contributed by atoms with Gasteiger partial charge in [0.05, 0.1) is 0 Å². The van der Waals surface area contributed by atoms with E-state index in [1.54, 1.807) is 0 Å². The van der Waals surface area contributed by atoms with Crippen molar-refractivity contribution >= 4 is 5.78 Å². The second-order valence-electron chi connectivity index (χ2n) is 4.40. The highest BCUT2D eigenvalue weighted by molar-refractivity contribution is 5.93. The molecule has 2 rings (SSSR count). The standard InChI is InChI=1S/C12H18O/c13-12-8-6-4-2-1-3-5-7-10-9-11(10)12/h6,8,10-11H,1-5,7,9H2/b8-6+/t10-,11+/m0/s1. The van der Waals surface area contributed by atoms with Crippen LogP contribution in [0.25, 0.3) is 0 Å². The van der Waals surface area contributed by atoms with Crippen molar-refractivity contribution in [2.75, 3.05) is 0 Å². The Hall–Kier alpha value is -0.590. The van der Waals surface area contributed by atoms with E-state index in [1.807, 2.05) is 6.08 Å². The molecule has 0 saturated heterocycles. The minimum atomic E-state index is 0.395. The molecule has 1 nitrogen and oxygen atoms in total. The second kappa shape index (κ2) is 4.08. The predicted molar refractivity (Wildman–Crippen MR) is 53.4 cm³/mol. The van der Waals surface area contributed by atoms with Crippen molar-refractivity contribution in [3.8, 4) is 0 Å². The van der Waals surface area contributed by atoms with Gasteiger partial charge in [-0.2, -0.15) is 0 Å². The molecule has 0 aromatic carbocycles. The molecular formula is C12H18O. The smallest absolute Gasteiger partial charge is 0.158 e. The maximum Gasteiger partial charge on any atom is 0.158 e. The maximum atomic E-state index is 11.5. The molecule has 0 bridgehead atoms.